The number of nitrogens with zero attached hydrogens (tertiary/aromatic N) is 1. The molecule has 2 N–H and O–H groups in total. The maximum Gasteiger partial charge on any atom is 0.0465 e. The van der Waals surface area contributed by atoms with E-state index >= 15 is 0 Å². The van der Waals surface area contributed by atoms with Crippen molar-refractivity contribution < 1.29 is 0 Å². The van der Waals surface area contributed by atoms with Gasteiger partial charge < -0.3 is 5.73 Å². The highest BCUT2D eigenvalue weighted by Gasteiger charge is 2.23. The maximum atomic E-state index is 6.37. The molecule has 0 radical (unpaired) electrons. The van der Waals surface area contributed by atoms with E-state index in [2.05, 4.69) is 24.8 Å². The van der Waals surface area contributed by atoms with Gasteiger partial charge in [0.2, 0.25) is 0 Å². The molecule has 0 atom stereocenters. The lowest BCUT2D eigenvalue weighted by Crippen LogP contribution is -2.34. The summed E-state index contributed by atoms with van der Waals surface area (Å²) in [5, 5.41) is 1.48. The van der Waals surface area contributed by atoms with Crippen LogP contribution in [0.5, 0.6) is 0 Å². The van der Waals surface area contributed by atoms with E-state index in [0.29, 0.717) is 10.9 Å². The molecule has 2 nitrogen and oxygen atoms in total. The molecule has 0 saturated heterocycles. The van der Waals surface area contributed by atoms with Crippen molar-refractivity contribution in [2.75, 3.05) is 19.6 Å². The van der Waals surface area contributed by atoms with Crippen molar-refractivity contribution in [3.05, 3.63) is 33.8 Å². The topological polar surface area (TPSA) is 29.3 Å². The summed E-state index contributed by atoms with van der Waals surface area (Å²) >= 11 is 12.4. The van der Waals surface area contributed by atoms with Crippen molar-refractivity contribution in [2.45, 2.75) is 46.1 Å². The minimum atomic E-state index is 0.654. The Hall–Kier alpha value is -0.280. The lowest BCUT2D eigenvalue weighted by atomic mass is 9.81. The molecule has 23 heavy (non-hydrogen) atoms. The van der Waals surface area contributed by atoms with Crippen LogP contribution in [0.4, 0.5) is 0 Å². The highest BCUT2D eigenvalue weighted by Crippen LogP contribution is 2.30. The monoisotopic (exact) mass is 356 g/mol. The summed E-state index contributed by atoms with van der Waals surface area (Å²) in [6.07, 6.45) is 5.20. The fourth-order valence-corrected chi connectivity index (χ4v) is 4.09. The summed E-state index contributed by atoms with van der Waals surface area (Å²) in [5.74, 6) is 2.19. The zero-order valence-corrected chi connectivity index (χ0v) is 15.9. The zero-order chi connectivity index (χ0) is 16.8. The molecule has 0 bridgehead atoms. The van der Waals surface area contributed by atoms with Crippen LogP contribution in [0, 0.1) is 17.8 Å². The number of hydrogen-bond acceptors (Lipinski definition) is 2. The quantitative estimate of drug-likeness (QED) is 0.725. The van der Waals surface area contributed by atoms with E-state index in [1.54, 1.807) is 0 Å². The smallest absolute Gasteiger partial charge is 0.0465 e. The van der Waals surface area contributed by atoms with E-state index in [1.807, 2.05) is 12.1 Å². The number of nitrogens with two attached hydrogens (primary N) is 1. The molecule has 0 amide bonds. The Morgan fingerprint density at radius 2 is 1.78 bits per heavy atom. The van der Waals surface area contributed by atoms with Crippen LogP contribution in [-0.4, -0.2) is 24.5 Å². The van der Waals surface area contributed by atoms with Gasteiger partial charge in [-0.05, 0) is 67.7 Å². The normalized spacial score (nSPS) is 22.0. The van der Waals surface area contributed by atoms with Crippen molar-refractivity contribution in [2.24, 2.45) is 23.5 Å². The van der Waals surface area contributed by atoms with Crippen LogP contribution >= 0.6 is 23.2 Å². The maximum absolute atomic E-state index is 6.37. The van der Waals surface area contributed by atoms with Crippen molar-refractivity contribution in [1.29, 1.82) is 0 Å². The molecule has 4 heteroatoms. The van der Waals surface area contributed by atoms with Crippen LogP contribution in [-0.2, 0) is 6.54 Å². The molecular weight excluding hydrogens is 327 g/mol. The second-order valence-corrected chi connectivity index (χ2v) is 8.29. The van der Waals surface area contributed by atoms with Crippen LogP contribution in [0.1, 0.15) is 45.1 Å². The molecule has 0 unspecified atom stereocenters. The van der Waals surface area contributed by atoms with Crippen molar-refractivity contribution >= 4 is 23.2 Å². The lowest BCUT2D eigenvalue weighted by Gasteiger charge is -2.33. The van der Waals surface area contributed by atoms with Gasteiger partial charge in [-0.3, -0.25) is 4.90 Å². The van der Waals surface area contributed by atoms with Crippen LogP contribution < -0.4 is 5.73 Å². The van der Waals surface area contributed by atoms with Gasteiger partial charge in [0.25, 0.3) is 0 Å². The van der Waals surface area contributed by atoms with E-state index in [9.17, 15) is 0 Å². The zero-order valence-electron chi connectivity index (χ0n) is 14.4. The summed E-state index contributed by atoms with van der Waals surface area (Å²) in [4.78, 5) is 2.56. The molecule has 1 aromatic rings. The Kier molecular flexibility index (Phi) is 7.68. The summed E-state index contributed by atoms with van der Waals surface area (Å²) in [6.45, 7) is 8.58. The molecule has 1 saturated carbocycles. The van der Waals surface area contributed by atoms with E-state index in [0.717, 1.165) is 43.0 Å². The highest BCUT2D eigenvalue weighted by molar-refractivity contribution is 6.35. The molecule has 2 rings (SSSR count). The van der Waals surface area contributed by atoms with Crippen molar-refractivity contribution in [3.8, 4) is 0 Å². The first-order valence-corrected chi connectivity index (χ1v) is 9.59. The van der Waals surface area contributed by atoms with Gasteiger partial charge in [-0.15, -0.1) is 0 Å². The minimum absolute atomic E-state index is 0.654. The first-order chi connectivity index (χ1) is 11.0. The number of rotatable bonds is 7. The second kappa shape index (κ2) is 9.27. The summed E-state index contributed by atoms with van der Waals surface area (Å²) in [7, 11) is 0. The molecule has 0 aromatic heterocycles. The summed E-state index contributed by atoms with van der Waals surface area (Å²) < 4.78 is 0. The Bertz CT molecular complexity index is 482. The van der Waals surface area contributed by atoms with Gasteiger partial charge in [-0.2, -0.15) is 0 Å². The number of benzene rings is 1. The van der Waals surface area contributed by atoms with Gasteiger partial charge in [-0.25, -0.2) is 0 Å². The third-order valence-electron chi connectivity index (χ3n) is 4.85. The Labute approximate surface area is 151 Å². The first kappa shape index (κ1) is 19.1. The number of hydrogen-bond donors (Lipinski definition) is 1. The molecule has 0 heterocycles. The van der Waals surface area contributed by atoms with Gasteiger partial charge >= 0.3 is 0 Å². The predicted octanol–water partition coefficient (Wildman–Crippen LogP) is 5.22. The van der Waals surface area contributed by atoms with Gasteiger partial charge in [0.15, 0.2) is 0 Å². The lowest BCUT2D eigenvalue weighted by molar-refractivity contribution is 0.162. The average molecular weight is 357 g/mol. The molecule has 0 aliphatic heterocycles. The van der Waals surface area contributed by atoms with E-state index in [4.69, 9.17) is 28.9 Å². The largest absolute Gasteiger partial charge is 0.330 e. The van der Waals surface area contributed by atoms with Crippen LogP contribution in [0.2, 0.25) is 10.0 Å². The Balaban J connectivity index is 1.96. The molecule has 1 aromatic carbocycles. The molecule has 1 fully saturated rings. The standard InChI is InChI=1S/C19H30Cl2N2/c1-14(2)11-23(12-16-5-3-15(10-22)4-6-16)13-17-7-8-18(20)9-19(17)21/h7-9,14-16H,3-6,10-13,22H2,1-2H3. The van der Waals surface area contributed by atoms with Gasteiger partial charge in [0.1, 0.15) is 0 Å². The van der Waals surface area contributed by atoms with Crippen LogP contribution in [0.25, 0.3) is 0 Å². The van der Waals surface area contributed by atoms with Gasteiger partial charge in [0.05, 0.1) is 0 Å². The molecule has 1 aliphatic rings. The third-order valence-corrected chi connectivity index (χ3v) is 5.44. The highest BCUT2D eigenvalue weighted by atomic mass is 35.5. The predicted molar refractivity (Wildman–Crippen MR) is 101 cm³/mol. The van der Waals surface area contributed by atoms with E-state index < -0.39 is 0 Å². The van der Waals surface area contributed by atoms with Crippen molar-refractivity contribution in [1.82, 2.24) is 4.90 Å². The van der Waals surface area contributed by atoms with Crippen LogP contribution in [0.3, 0.4) is 0 Å². The fraction of sp³-hybridized carbons (Fsp3) is 0.684. The molecule has 130 valence electrons. The summed E-state index contributed by atoms with van der Waals surface area (Å²) in [5.41, 5.74) is 6.98. The summed E-state index contributed by atoms with van der Waals surface area (Å²) in [6, 6.07) is 5.84. The van der Waals surface area contributed by atoms with Crippen molar-refractivity contribution in [3.63, 3.8) is 0 Å². The Morgan fingerprint density at radius 3 is 2.35 bits per heavy atom. The third kappa shape index (κ3) is 6.26. The minimum Gasteiger partial charge on any atom is -0.330 e. The fourth-order valence-electron chi connectivity index (χ4n) is 3.63. The van der Waals surface area contributed by atoms with E-state index in [-0.39, 0.29) is 0 Å². The first-order valence-electron chi connectivity index (χ1n) is 8.84. The Morgan fingerprint density at radius 1 is 1.13 bits per heavy atom. The second-order valence-electron chi connectivity index (χ2n) is 7.45. The molecular formula is C19H30Cl2N2. The number of halogens is 2. The molecule has 0 spiro atoms. The SMILES string of the molecule is CC(C)CN(Cc1ccc(Cl)cc1Cl)CC1CCC(CN)CC1. The molecule has 1 aliphatic carbocycles. The average Bonchev–Trinajstić information content (AvgIpc) is 2.50. The van der Waals surface area contributed by atoms with Gasteiger partial charge in [-0.1, -0.05) is 43.1 Å². The van der Waals surface area contributed by atoms with E-state index in [1.165, 1.54) is 31.2 Å². The van der Waals surface area contributed by atoms with Gasteiger partial charge in [0, 0.05) is 29.7 Å². The van der Waals surface area contributed by atoms with Crippen LogP contribution in [0.15, 0.2) is 18.2 Å².